The highest BCUT2D eigenvalue weighted by Crippen LogP contribution is 2.21. The van der Waals surface area contributed by atoms with Crippen LogP contribution in [0.1, 0.15) is 40.9 Å². The molecule has 4 nitrogen and oxygen atoms in total. The highest BCUT2D eigenvalue weighted by molar-refractivity contribution is 6.06. The number of aliphatic imine (C=N–C) groups is 1. The first-order valence-electron chi connectivity index (χ1n) is 9.18. The summed E-state index contributed by atoms with van der Waals surface area (Å²) in [6.45, 7) is 1.43. The van der Waals surface area contributed by atoms with Crippen LogP contribution in [-0.4, -0.2) is 17.5 Å². The third-order valence-corrected chi connectivity index (χ3v) is 4.34. The Bertz CT molecular complexity index is 952. The number of carbonyl (C=O) groups excluding carboxylic acids is 2. The summed E-state index contributed by atoms with van der Waals surface area (Å²) in [7, 11) is 0. The fourth-order valence-corrected chi connectivity index (χ4v) is 3.01. The van der Waals surface area contributed by atoms with Crippen LogP contribution in [0.25, 0.3) is 0 Å². The van der Waals surface area contributed by atoms with Crippen molar-refractivity contribution in [2.45, 2.75) is 19.4 Å². The van der Waals surface area contributed by atoms with Gasteiger partial charge in [0.1, 0.15) is 0 Å². The lowest BCUT2D eigenvalue weighted by Gasteiger charge is -2.20. The zero-order valence-corrected chi connectivity index (χ0v) is 15.7. The molecule has 0 aromatic heterocycles. The van der Waals surface area contributed by atoms with Gasteiger partial charge >= 0.3 is 0 Å². The van der Waals surface area contributed by atoms with E-state index in [-0.39, 0.29) is 17.9 Å². The number of nitrogens with zero attached hydrogens (tertiary/aromatic N) is 1. The van der Waals surface area contributed by atoms with Gasteiger partial charge in [0.2, 0.25) is 5.91 Å². The molecule has 0 heterocycles. The van der Waals surface area contributed by atoms with Crippen LogP contribution in [0, 0.1) is 0 Å². The Kier molecular flexibility index (Phi) is 6.47. The van der Waals surface area contributed by atoms with Crippen LogP contribution in [0.5, 0.6) is 0 Å². The summed E-state index contributed by atoms with van der Waals surface area (Å²) in [6.07, 6.45) is 0.409. The van der Waals surface area contributed by atoms with Crippen molar-refractivity contribution in [3.8, 4) is 0 Å². The average Bonchev–Trinajstić information content (AvgIpc) is 2.74. The number of benzene rings is 3. The van der Waals surface area contributed by atoms with Gasteiger partial charge in [-0.05, 0) is 23.3 Å². The van der Waals surface area contributed by atoms with Crippen molar-refractivity contribution in [1.29, 1.82) is 0 Å². The summed E-state index contributed by atoms with van der Waals surface area (Å²) in [5, 5.41) is 3.09. The number of rotatable bonds is 6. The second-order valence-corrected chi connectivity index (χ2v) is 6.45. The smallest absolute Gasteiger partial charge is 0.251 e. The highest BCUT2D eigenvalue weighted by Gasteiger charge is 2.19. The fraction of sp³-hybridized carbons (Fsp3) is 0.125. The van der Waals surface area contributed by atoms with Crippen molar-refractivity contribution in [2.24, 2.45) is 4.99 Å². The molecule has 0 aliphatic heterocycles. The molecule has 2 amide bonds. The first kappa shape index (κ1) is 19.2. The molecule has 0 aliphatic rings. The van der Waals surface area contributed by atoms with Crippen molar-refractivity contribution in [2.75, 3.05) is 0 Å². The van der Waals surface area contributed by atoms with E-state index in [9.17, 15) is 9.59 Å². The summed E-state index contributed by atoms with van der Waals surface area (Å²) < 4.78 is 0. The molecule has 0 radical (unpaired) electrons. The van der Waals surface area contributed by atoms with E-state index >= 15 is 0 Å². The van der Waals surface area contributed by atoms with E-state index in [2.05, 4.69) is 10.3 Å². The van der Waals surface area contributed by atoms with Crippen LogP contribution in [0.15, 0.2) is 96.0 Å². The van der Waals surface area contributed by atoms with Gasteiger partial charge < -0.3 is 5.32 Å². The van der Waals surface area contributed by atoms with E-state index in [0.717, 1.165) is 11.1 Å². The zero-order valence-electron chi connectivity index (χ0n) is 15.7. The van der Waals surface area contributed by atoms with Gasteiger partial charge in [-0.1, -0.05) is 78.9 Å². The molecule has 3 aromatic rings. The van der Waals surface area contributed by atoms with E-state index in [1.54, 1.807) is 12.1 Å². The molecule has 4 heteroatoms. The predicted molar refractivity (Wildman–Crippen MR) is 111 cm³/mol. The largest absolute Gasteiger partial charge is 0.345 e. The Balaban J connectivity index is 1.92. The molecule has 0 bridgehead atoms. The maximum Gasteiger partial charge on any atom is 0.251 e. The normalized spacial score (nSPS) is 12.2. The molecule has 140 valence electrons. The highest BCUT2D eigenvalue weighted by atomic mass is 16.2. The minimum Gasteiger partial charge on any atom is -0.345 e. The van der Waals surface area contributed by atoms with Crippen LogP contribution < -0.4 is 5.32 Å². The van der Waals surface area contributed by atoms with E-state index in [1.165, 1.54) is 6.92 Å². The summed E-state index contributed by atoms with van der Waals surface area (Å²) in [5.74, 6) is -0.426. The van der Waals surface area contributed by atoms with Gasteiger partial charge in [0.05, 0.1) is 11.8 Å². The second-order valence-electron chi connectivity index (χ2n) is 6.45. The molecule has 1 atom stereocenters. The predicted octanol–water partition coefficient (Wildman–Crippen LogP) is 4.58. The lowest BCUT2D eigenvalue weighted by Crippen LogP contribution is -2.30. The van der Waals surface area contributed by atoms with Crippen LogP contribution in [0.4, 0.5) is 0 Å². The summed E-state index contributed by atoms with van der Waals surface area (Å²) in [4.78, 5) is 28.7. The number of carbonyl (C=O) groups is 2. The van der Waals surface area contributed by atoms with Crippen LogP contribution in [-0.2, 0) is 4.79 Å². The molecule has 28 heavy (non-hydrogen) atoms. The Morgan fingerprint density at radius 2 is 1.29 bits per heavy atom. The molecular formula is C24H22N2O2. The SMILES string of the molecule is CC(=O)N=C(C[C@@H](NC(=O)c1ccccc1)c1ccccc1)c1ccccc1. The Hall–Kier alpha value is -3.53. The molecule has 0 aliphatic carbocycles. The standard InChI is InChI=1S/C24H22N2O2/c1-18(27)25-22(19-11-5-2-6-12-19)17-23(20-13-7-3-8-14-20)26-24(28)21-15-9-4-10-16-21/h2-16,23H,17H2,1H3,(H,26,28)/t23-/m1/s1. The molecule has 3 aromatic carbocycles. The maximum absolute atomic E-state index is 12.8. The van der Waals surface area contributed by atoms with Gasteiger partial charge in [0, 0.05) is 18.9 Å². The molecule has 1 N–H and O–H groups in total. The van der Waals surface area contributed by atoms with Gasteiger partial charge in [0.25, 0.3) is 5.91 Å². The van der Waals surface area contributed by atoms with Gasteiger partial charge in [-0.15, -0.1) is 0 Å². The van der Waals surface area contributed by atoms with Gasteiger partial charge in [-0.2, -0.15) is 0 Å². The minimum atomic E-state index is -0.313. The Morgan fingerprint density at radius 3 is 1.82 bits per heavy atom. The van der Waals surface area contributed by atoms with Crippen molar-refractivity contribution < 1.29 is 9.59 Å². The number of amides is 2. The van der Waals surface area contributed by atoms with E-state index in [1.807, 2.05) is 78.9 Å². The lowest BCUT2D eigenvalue weighted by molar-refractivity contribution is -0.115. The van der Waals surface area contributed by atoms with Crippen LogP contribution >= 0.6 is 0 Å². The van der Waals surface area contributed by atoms with Crippen LogP contribution in [0.2, 0.25) is 0 Å². The minimum absolute atomic E-state index is 0.162. The van der Waals surface area contributed by atoms with Gasteiger partial charge in [-0.25, -0.2) is 4.99 Å². The number of nitrogens with one attached hydrogen (secondary N) is 1. The van der Waals surface area contributed by atoms with Crippen LogP contribution in [0.3, 0.4) is 0 Å². The maximum atomic E-state index is 12.8. The lowest BCUT2D eigenvalue weighted by atomic mass is 9.96. The molecule has 0 fully saturated rings. The van der Waals surface area contributed by atoms with Crippen molar-refractivity contribution >= 4 is 17.5 Å². The fourth-order valence-electron chi connectivity index (χ4n) is 3.01. The Morgan fingerprint density at radius 1 is 0.786 bits per heavy atom. The van der Waals surface area contributed by atoms with Gasteiger partial charge in [0.15, 0.2) is 0 Å². The molecule has 0 spiro atoms. The zero-order chi connectivity index (χ0) is 19.8. The summed E-state index contributed by atoms with van der Waals surface area (Å²) >= 11 is 0. The number of hydrogen-bond acceptors (Lipinski definition) is 2. The van der Waals surface area contributed by atoms with Crippen molar-refractivity contribution in [3.63, 3.8) is 0 Å². The molecule has 0 saturated heterocycles. The van der Waals surface area contributed by atoms with Crippen molar-refractivity contribution in [1.82, 2.24) is 5.32 Å². The summed E-state index contributed by atoms with van der Waals surface area (Å²) in [5.41, 5.74) is 3.06. The third kappa shape index (κ3) is 5.24. The molecule has 3 rings (SSSR count). The topological polar surface area (TPSA) is 58.5 Å². The van der Waals surface area contributed by atoms with Gasteiger partial charge in [-0.3, -0.25) is 9.59 Å². The van der Waals surface area contributed by atoms with E-state index in [0.29, 0.717) is 17.7 Å². The monoisotopic (exact) mass is 370 g/mol. The molecular weight excluding hydrogens is 348 g/mol. The van der Waals surface area contributed by atoms with E-state index < -0.39 is 0 Å². The average molecular weight is 370 g/mol. The summed E-state index contributed by atoms with van der Waals surface area (Å²) in [6, 6.07) is 28.1. The molecule has 0 saturated carbocycles. The van der Waals surface area contributed by atoms with Crippen molar-refractivity contribution in [3.05, 3.63) is 108 Å². The molecule has 0 unspecified atom stereocenters. The third-order valence-electron chi connectivity index (χ3n) is 4.34. The second kappa shape index (κ2) is 9.42. The van der Waals surface area contributed by atoms with E-state index in [4.69, 9.17) is 0 Å². The quantitative estimate of drug-likeness (QED) is 0.646. The first-order valence-corrected chi connectivity index (χ1v) is 9.18. The number of hydrogen-bond donors (Lipinski definition) is 1. The Labute approximate surface area is 165 Å². The first-order chi connectivity index (χ1) is 13.6.